The fraction of sp³-hybridized carbons (Fsp3) is 0.333. The number of nitrogens with one attached hydrogen (secondary N) is 1. The topological polar surface area (TPSA) is 32.3 Å². The zero-order valence-electron chi connectivity index (χ0n) is 12.5. The predicted octanol–water partition coefficient (Wildman–Crippen LogP) is 4.44. The minimum atomic E-state index is 0.455. The van der Waals surface area contributed by atoms with E-state index in [1.165, 1.54) is 11.1 Å². The van der Waals surface area contributed by atoms with Crippen LogP contribution >= 0.6 is 0 Å². The summed E-state index contributed by atoms with van der Waals surface area (Å²) >= 11 is 0. The number of anilines is 1. The molecule has 2 N–H and O–H groups in total. The number of phenolic OH excluding ortho intramolecular Hbond substituents is 1. The van der Waals surface area contributed by atoms with Gasteiger partial charge in [-0.25, -0.2) is 0 Å². The molecule has 0 atom stereocenters. The summed E-state index contributed by atoms with van der Waals surface area (Å²) in [6.07, 6.45) is 1.69. The van der Waals surface area contributed by atoms with Crippen LogP contribution in [-0.2, 0) is 19.4 Å². The maximum Gasteiger partial charge on any atom is 0.122 e. The van der Waals surface area contributed by atoms with E-state index in [9.17, 15) is 5.11 Å². The fourth-order valence-corrected chi connectivity index (χ4v) is 2.31. The van der Waals surface area contributed by atoms with Crippen LogP contribution in [0, 0.1) is 6.92 Å². The molecule has 0 aliphatic heterocycles. The van der Waals surface area contributed by atoms with E-state index in [2.05, 4.69) is 50.4 Å². The number of benzene rings is 2. The first-order valence-electron chi connectivity index (χ1n) is 7.28. The highest BCUT2D eigenvalue weighted by Gasteiger charge is 2.07. The molecule has 0 saturated carbocycles. The second-order valence-corrected chi connectivity index (χ2v) is 5.19. The molecule has 0 amide bonds. The summed E-state index contributed by atoms with van der Waals surface area (Å²) in [7, 11) is 0. The van der Waals surface area contributed by atoms with Crippen LogP contribution in [0.4, 0.5) is 5.69 Å². The van der Waals surface area contributed by atoms with E-state index in [0.717, 1.165) is 36.2 Å². The summed E-state index contributed by atoms with van der Waals surface area (Å²) in [5, 5.41) is 13.5. The van der Waals surface area contributed by atoms with Crippen LogP contribution in [0.3, 0.4) is 0 Å². The third-order valence-corrected chi connectivity index (χ3v) is 3.65. The zero-order chi connectivity index (χ0) is 14.5. The number of hydrogen-bond acceptors (Lipinski definition) is 2. The molecule has 106 valence electrons. The lowest BCUT2D eigenvalue weighted by molar-refractivity contribution is 0.462. The Morgan fingerprint density at radius 2 is 1.50 bits per heavy atom. The number of rotatable bonds is 5. The minimum absolute atomic E-state index is 0.455. The SMILES string of the molecule is CCc1cc(NCc2ccc(C)cc2)cc(CC)c1O. The molecule has 2 heteroatoms. The van der Waals surface area contributed by atoms with Gasteiger partial charge in [-0.3, -0.25) is 0 Å². The van der Waals surface area contributed by atoms with Gasteiger partial charge < -0.3 is 10.4 Å². The van der Waals surface area contributed by atoms with Crippen molar-refractivity contribution < 1.29 is 5.11 Å². The Balaban J connectivity index is 2.14. The molecule has 2 nitrogen and oxygen atoms in total. The molecule has 0 radical (unpaired) electrons. The van der Waals surface area contributed by atoms with E-state index in [4.69, 9.17) is 0 Å². The van der Waals surface area contributed by atoms with E-state index in [1.807, 2.05) is 12.1 Å². The van der Waals surface area contributed by atoms with Gasteiger partial charge in [-0.2, -0.15) is 0 Å². The summed E-state index contributed by atoms with van der Waals surface area (Å²) in [6.45, 7) is 7.03. The van der Waals surface area contributed by atoms with Crippen molar-refractivity contribution in [2.45, 2.75) is 40.2 Å². The van der Waals surface area contributed by atoms with Crippen molar-refractivity contribution in [3.8, 4) is 5.75 Å². The van der Waals surface area contributed by atoms with Crippen LogP contribution < -0.4 is 5.32 Å². The highest BCUT2D eigenvalue weighted by Crippen LogP contribution is 2.28. The van der Waals surface area contributed by atoms with Gasteiger partial charge in [0.15, 0.2) is 0 Å². The number of aryl methyl sites for hydroxylation is 3. The van der Waals surface area contributed by atoms with Gasteiger partial charge in [0, 0.05) is 12.2 Å². The second-order valence-electron chi connectivity index (χ2n) is 5.19. The van der Waals surface area contributed by atoms with E-state index in [1.54, 1.807) is 0 Å². The zero-order valence-corrected chi connectivity index (χ0v) is 12.5. The summed E-state index contributed by atoms with van der Waals surface area (Å²) in [6, 6.07) is 12.6. The van der Waals surface area contributed by atoms with Gasteiger partial charge in [0.25, 0.3) is 0 Å². The monoisotopic (exact) mass is 269 g/mol. The van der Waals surface area contributed by atoms with E-state index in [0.29, 0.717) is 5.75 Å². The maximum atomic E-state index is 10.1. The van der Waals surface area contributed by atoms with Crippen molar-refractivity contribution in [2.75, 3.05) is 5.32 Å². The maximum absolute atomic E-state index is 10.1. The van der Waals surface area contributed by atoms with Crippen LogP contribution in [-0.4, -0.2) is 5.11 Å². The Morgan fingerprint density at radius 1 is 0.950 bits per heavy atom. The minimum Gasteiger partial charge on any atom is -0.507 e. The average molecular weight is 269 g/mol. The lowest BCUT2D eigenvalue weighted by Crippen LogP contribution is -2.01. The highest BCUT2D eigenvalue weighted by molar-refractivity contribution is 5.55. The van der Waals surface area contributed by atoms with E-state index in [-0.39, 0.29) is 0 Å². The third kappa shape index (κ3) is 3.32. The second kappa shape index (κ2) is 6.47. The van der Waals surface area contributed by atoms with Crippen LogP contribution in [0.25, 0.3) is 0 Å². The van der Waals surface area contributed by atoms with Crippen molar-refractivity contribution >= 4 is 5.69 Å². The van der Waals surface area contributed by atoms with Crippen LogP contribution in [0.5, 0.6) is 5.75 Å². The predicted molar refractivity (Wildman–Crippen MR) is 85.4 cm³/mol. The summed E-state index contributed by atoms with van der Waals surface area (Å²) in [4.78, 5) is 0. The lowest BCUT2D eigenvalue weighted by Gasteiger charge is -2.13. The molecule has 0 unspecified atom stereocenters. The van der Waals surface area contributed by atoms with Gasteiger partial charge in [-0.1, -0.05) is 43.7 Å². The lowest BCUT2D eigenvalue weighted by atomic mass is 10.0. The standard InChI is InChI=1S/C18H23NO/c1-4-15-10-17(11-16(5-2)18(15)20)19-12-14-8-6-13(3)7-9-14/h6-11,19-20H,4-5,12H2,1-3H3. The Labute approximate surface area is 121 Å². The molecular formula is C18H23NO. The van der Waals surface area contributed by atoms with Gasteiger partial charge in [0.05, 0.1) is 0 Å². The molecule has 20 heavy (non-hydrogen) atoms. The normalized spacial score (nSPS) is 10.6. The molecule has 0 saturated heterocycles. The van der Waals surface area contributed by atoms with Gasteiger partial charge in [0.1, 0.15) is 5.75 Å². The van der Waals surface area contributed by atoms with Gasteiger partial charge in [0.2, 0.25) is 0 Å². The molecule has 0 aliphatic carbocycles. The van der Waals surface area contributed by atoms with E-state index < -0.39 is 0 Å². The fourth-order valence-electron chi connectivity index (χ4n) is 2.31. The summed E-state index contributed by atoms with van der Waals surface area (Å²) in [5.74, 6) is 0.455. The molecule has 2 rings (SSSR count). The quantitative estimate of drug-likeness (QED) is 0.787. The smallest absolute Gasteiger partial charge is 0.122 e. The molecule has 0 fully saturated rings. The number of phenols is 1. The molecule has 0 aromatic heterocycles. The first kappa shape index (κ1) is 14.4. The number of hydrogen-bond donors (Lipinski definition) is 2. The first-order chi connectivity index (χ1) is 9.63. The highest BCUT2D eigenvalue weighted by atomic mass is 16.3. The van der Waals surface area contributed by atoms with Crippen molar-refractivity contribution in [1.29, 1.82) is 0 Å². The van der Waals surface area contributed by atoms with E-state index >= 15 is 0 Å². The summed E-state index contributed by atoms with van der Waals surface area (Å²) < 4.78 is 0. The van der Waals surface area contributed by atoms with Gasteiger partial charge in [-0.05, 0) is 48.6 Å². The third-order valence-electron chi connectivity index (χ3n) is 3.65. The molecule has 0 heterocycles. The van der Waals surface area contributed by atoms with Crippen LogP contribution in [0.2, 0.25) is 0 Å². The molecule has 0 aliphatic rings. The Bertz CT molecular complexity index is 547. The van der Waals surface area contributed by atoms with Crippen molar-refractivity contribution in [3.63, 3.8) is 0 Å². The van der Waals surface area contributed by atoms with Crippen molar-refractivity contribution in [2.24, 2.45) is 0 Å². The Kier molecular flexibility index (Phi) is 4.67. The molecule has 2 aromatic rings. The molecular weight excluding hydrogens is 246 g/mol. The number of aromatic hydroxyl groups is 1. The first-order valence-corrected chi connectivity index (χ1v) is 7.28. The van der Waals surface area contributed by atoms with Crippen molar-refractivity contribution in [3.05, 3.63) is 58.7 Å². The Hall–Kier alpha value is -1.96. The summed E-state index contributed by atoms with van der Waals surface area (Å²) in [5.41, 5.74) is 5.64. The molecule has 0 bridgehead atoms. The van der Waals surface area contributed by atoms with Crippen LogP contribution in [0.15, 0.2) is 36.4 Å². The molecule has 0 spiro atoms. The Morgan fingerprint density at radius 3 is 2.00 bits per heavy atom. The van der Waals surface area contributed by atoms with Crippen molar-refractivity contribution in [1.82, 2.24) is 0 Å². The average Bonchev–Trinajstić information content (AvgIpc) is 2.47. The van der Waals surface area contributed by atoms with Crippen LogP contribution in [0.1, 0.15) is 36.1 Å². The molecule has 2 aromatic carbocycles. The largest absolute Gasteiger partial charge is 0.507 e. The van der Waals surface area contributed by atoms with Gasteiger partial charge >= 0.3 is 0 Å². The van der Waals surface area contributed by atoms with Gasteiger partial charge in [-0.15, -0.1) is 0 Å².